The fourth-order valence-electron chi connectivity index (χ4n) is 1.97. The molecule has 0 aliphatic rings. The third kappa shape index (κ3) is 2.42. The third-order valence-corrected chi connectivity index (χ3v) is 4.34. The predicted molar refractivity (Wildman–Crippen MR) is 79.2 cm³/mol. The van der Waals surface area contributed by atoms with Crippen molar-refractivity contribution in [3.8, 4) is 0 Å². The van der Waals surface area contributed by atoms with Gasteiger partial charge >= 0.3 is 0 Å². The molecule has 8 nitrogen and oxygen atoms in total. The predicted octanol–water partition coefficient (Wildman–Crippen LogP) is 1.16. The number of benzene rings is 1. The summed E-state index contributed by atoms with van der Waals surface area (Å²) in [7, 11) is -3.83. The van der Waals surface area contributed by atoms with Crippen molar-refractivity contribution in [1.29, 1.82) is 0 Å². The highest BCUT2D eigenvalue weighted by Crippen LogP contribution is 2.20. The van der Waals surface area contributed by atoms with Crippen molar-refractivity contribution in [3.63, 3.8) is 0 Å². The van der Waals surface area contributed by atoms with Gasteiger partial charge in [0.2, 0.25) is 5.95 Å². The summed E-state index contributed by atoms with van der Waals surface area (Å²) in [6, 6.07) is 7.25. The zero-order valence-corrected chi connectivity index (χ0v) is 12.1. The fraction of sp³-hybridized carbons (Fsp3) is 0.167. The topological polar surface area (TPSA) is 119 Å². The number of sulfonamides is 1. The monoisotopic (exact) mass is 306 g/mol. The van der Waals surface area contributed by atoms with E-state index in [0.29, 0.717) is 12.1 Å². The molecule has 0 unspecified atom stereocenters. The molecule has 0 saturated carbocycles. The molecule has 2 heterocycles. The maximum atomic E-state index is 12.3. The number of imidazole rings is 1. The molecule has 0 bridgehead atoms. The van der Waals surface area contributed by atoms with Crippen LogP contribution < -0.4 is 10.5 Å². The molecule has 21 heavy (non-hydrogen) atoms. The van der Waals surface area contributed by atoms with Crippen LogP contribution in [0, 0.1) is 0 Å². The summed E-state index contributed by atoms with van der Waals surface area (Å²) >= 11 is 0. The number of nitrogen functional groups attached to an aromatic ring is 1. The van der Waals surface area contributed by atoms with Crippen LogP contribution in [0.5, 0.6) is 0 Å². The maximum Gasteiger partial charge on any atom is 0.269 e. The highest BCUT2D eigenvalue weighted by molar-refractivity contribution is 7.92. The van der Waals surface area contributed by atoms with E-state index in [2.05, 4.69) is 19.8 Å². The standard InChI is InChI=1S/C12H14N6O2S/c1-2-18-7-10(11(13)16-18)21(19,20)17-12-14-8-5-3-4-6-9(8)15-12/h3-7H,2H2,1H3,(H2,13,16)(H2,14,15,17). The molecule has 1 aromatic carbocycles. The molecule has 0 aliphatic carbocycles. The number of fused-ring (bicyclic) bond motifs is 1. The van der Waals surface area contributed by atoms with Gasteiger partial charge in [-0.3, -0.25) is 4.68 Å². The summed E-state index contributed by atoms with van der Waals surface area (Å²) in [5.41, 5.74) is 7.07. The van der Waals surface area contributed by atoms with Crippen LogP contribution in [0.3, 0.4) is 0 Å². The zero-order chi connectivity index (χ0) is 15.0. The number of nitrogens with two attached hydrogens (primary N) is 1. The van der Waals surface area contributed by atoms with E-state index in [-0.39, 0.29) is 16.7 Å². The maximum absolute atomic E-state index is 12.3. The number of rotatable bonds is 4. The molecule has 0 atom stereocenters. The molecule has 2 aromatic heterocycles. The SMILES string of the molecule is CCn1cc(S(=O)(=O)Nc2nc3ccccc3[nH]2)c(N)n1. The lowest BCUT2D eigenvalue weighted by Crippen LogP contribution is -2.14. The van der Waals surface area contributed by atoms with Gasteiger partial charge in [0.1, 0.15) is 4.90 Å². The minimum atomic E-state index is -3.83. The molecule has 0 aliphatic heterocycles. The highest BCUT2D eigenvalue weighted by atomic mass is 32.2. The van der Waals surface area contributed by atoms with Gasteiger partial charge in [0, 0.05) is 12.7 Å². The largest absolute Gasteiger partial charge is 0.381 e. The molecule has 0 saturated heterocycles. The van der Waals surface area contributed by atoms with Crippen LogP contribution in [-0.4, -0.2) is 28.2 Å². The van der Waals surface area contributed by atoms with Crippen molar-refractivity contribution in [3.05, 3.63) is 30.5 Å². The van der Waals surface area contributed by atoms with E-state index in [9.17, 15) is 8.42 Å². The van der Waals surface area contributed by atoms with Crippen LogP contribution in [0.15, 0.2) is 35.4 Å². The first-order valence-corrected chi connectivity index (χ1v) is 7.78. The number of H-pyrrole nitrogens is 1. The molecule has 0 amide bonds. The van der Waals surface area contributed by atoms with Crippen molar-refractivity contribution in [2.75, 3.05) is 10.5 Å². The van der Waals surface area contributed by atoms with Gasteiger partial charge in [-0.15, -0.1) is 0 Å². The molecular weight excluding hydrogens is 292 g/mol. The first kappa shape index (κ1) is 13.4. The average Bonchev–Trinajstić information content (AvgIpc) is 3.00. The van der Waals surface area contributed by atoms with Crippen LogP contribution in [0.4, 0.5) is 11.8 Å². The number of aryl methyl sites for hydroxylation is 1. The average molecular weight is 306 g/mol. The second kappa shape index (κ2) is 4.77. The fourth-order valence-corrected chi connectivity index (χ4v) is 3.01. The Morgan fingerprint density at radius 1 is 1.38 bits per heavy atom. The third-order valence-electron chi connectivity index (χ3n) is 2.99. The number of hydrogen-bond acceptors (Lipinski definition) is 5. The van der Waals surface area contributed by atoms with Gasteiger partial charge in [0.15, 0.2) is 5.82 Å². The van der Waals surface area contributed by atoms with E-state index in [4.69, 9.17) is 5.73 Å². The van der Waals surface area contributed by atoms with E-state index in [1.807, 2.05) is 25.1 Å². The summed E-state index contributed by atoms with van der Waals surface area (Å²) in [4.78, 5) is 6.99. The van der Waals surface area contributed by atoms with Crippen molar-refractivity contribution in [2.24, 2.45) is 0 Å². The Balaban J connectivity index is 1.96. The Hall–Kier alpha value is -2.55. The van der Waals surface area contributed by atoms with Crippen molar-refractivity contribution < 1.29 is 8.42 Å². The highest BCUT2D eigenvalue weighted by Gasteiger charge is 2.22. The van der Waals surface area contributed by atoms with Crippen LogP contribution in [0.2, 0.25) is 0 Å². The minimum Gasteiger partial charge on any atom is -0.381 e. The van der Waals surface area contributed by atoms with Crippen LogP contribution in [0.25, 0.3) is 11.0 Å². The van der Waals surface area contributed by atoms with E-state index in [0.717, 1.165) is 5.52 Å². The molecule has 3 rings (SSSR count). The summed E-state index contributed by atoms with van der Waals surface area (Å²) in [5.74, 6) is 0.0975. The number of aromatic amines is 1. The second-order valence-corrected chi connectivity index (χ2v) is 6.09. The van der Waals surface area contributed by atoms with Gasteiger partial charge in [-0.1, -0.05) is 12.1 Å². The second-order valence-electron chi connectivity index (χ2n) is 4.44. The van der Waals surface area contributed by atoms with E-state index >= 15 is 0 Å². The number of aromatic nitrogens is 4. The lowest BCUT2D eigenvalue weighted by atomic mass is 10.3. The normalized spacial score (nSPS) is 11.9. The Bertz CT molecular complexity index is 863. The number of nitrogens with one attached hydrogen (secondary N) is 2. The molecule has 0 radical (unpaired) electrons. The Morgan fingerprint density at radius 2 is 2.14 bits per heavy atom. The van der Waals surface area contributed by atoms with Crippen LogP contribution in [-0.2, 0) is 16.6 Å². The molecule has 4 N–H and O–H groups in total. The van der Waals surface area contributed by atoms with Crippen LogP contribution >= 0.6 is 0 Å². The smallest absolute Gasteiger partial charge is 0.269 e. The van der Waals surface area contributed by atoms with E-state index < -0.39 is 10.0 Å². The summed E-state index contributed by atoms with van der Waals surface area (Å²) in [6.07, 6.45) is 1.39. The molecule has 0 fully saturated rings. The quantitative estimate of drug-likeness (QED) is 0.668. The van der Waals surface area contributed by atoms with Gasteiger partial charge in [0.25, 0.3) is 10.0 Å². The number of anilines is 2. The number of nitrogens with zero attached hydrogens (tertiary/aromatic N) is 3. The van der Waals surface area contributed by atoms with Crippen LogP contribution in [0.1, 0.15) is 6.92 Å². The van der Waals surface area contributed by atoms with Gasteiger partial charge in [-0.2, -0.15) is 5.10 Å². The van der Waals surface area contributed by atoms with Gasteiger partial charge in [-0.05, 0) is 19.1 Å². The molecular formula is C12H14N6O2S. The molecule has 3 aromatic rings. The minimum absolute atomic E-state index is 0.0412. The first-order chi connectivity index (χ1) is 9.99. The van der Waals surface area contributed by atoms with Crippen molar-refractivity contribution in [2.45, 2.75) is 18.4 Å². The van der Waals surface area contributed by atoms with E-state index in [1.165, 1.54) is 10.9 Å². The Morgan fingerprint density at radius 3 is 2.81 bits per heavy atom. The number of para-hydroxylation sites is 2. The summed E-state index contributed by atoms with van der Waals surface area (Å²) < 4.78 is 28.5. The Labute approximate surface area is 121 Å². The van der Waals surface area contributed by atoms with E-state index in [1.54, 1.807) is 6.07 Å². The first-order valence-electron chi connectivity index (χ1n) is 6.30. The van der Waals surface area contributed by atoms with Crippen molar-refractivity contribution >= 4 is 32.8 Å². The lowest BCUT2D eigenvalue weighted by Gasteiger charge is -2.02. The van der Waals surface area contributed by atoms with Crippen molar-refractivity contribution in [1.82, 2.24) is 19.7 Å². The molecule has 0 spiro atoms. The van der Waals surface area contributed by atoms with Gasteiger partial charge in [0.05, 0.1) is 11.0 Å². The number of hydrogen-bond donors (Lipinski definition) is 3. The summed E-state index contributed by atoms with van der Waals surface area (Å²) in [5, 5.41) is 3.92. The molecule has 9 heteroatoms. The zero-order valence-electron chi connectivity index (χ0n) is 11.2. The van der Waals surface area contributed by atoms with Gasteiger partial charge in [-0.25, -0.2) is 18.1 Å². The van der Waals surface area contributed by atoms with Gasteiger partial charge < -0.3 is 10.7 Å². The Kier molecular flexibility index (Phi) is 3.05. The summed E-state index contributed by atoms with van der Waals surface area (Å²) in [6.45, 7) is 2.37. The molecule has 110 valence electrons. The lowest BCUT2D eigenvalue weighted by molar-refractivity contribution is 0.600.